The van der Waals surface area contributed by atoms with Crippen LogP contribution >= 0.6 is 0 Å². The number of Topliss-reactive ketones (excluding diaryl/α,β-unsaturated/α-hetero) is 1. The fourth-order valence-corrected chi connectivity index (χ4v) is 8.40. The summed E-state index contributed by atoms with van der Waals surface area (Å²) >= 11 is 0. The molecule has 1 fully saturated rings. The molecular weight excluding hydrogens is 904 g/mol. The molecule has 1 saturated carbocycles. The molecule has 3 aromatic rings. The lowest BCUT2D eigenvalue weighted by atomic mass is 9.77. The van der Waals surface area contributed by atoms with Gasteiger partial charge >= 0.3 is 35.8 Å². The number of carbonyl (C=O) groups excluding carboxylic acids is 7. The summed E-state index contributed by atoms with van der Waals surface area (Å²) in [5.41, 5.74) is 3.89. The maximum absolute atomic E-state index is 16.5. The molecule has 3 aromatic carbocycles. The zero-order valence-electron chi connectivity index (χ0n) is 41.6. The summed E-state index contributed by atoms with van der Waals surface area (Å²) in [5, 5.41) is 0. The van der Waals surface area contributed by atoms with E-state index in [4.69, 9.17) is 23.7 Å². The number of hydrogen-bond acceptors (Lipinski definition) is 14. The lowest BCUT2D eigenvalue weighted by molar-refractivity contribution is -0.163. The van der Waals surface area contributed by atoms with Crippen molar-refractivity contribution in [1.82, 2.24) is 0 Å². The van der Waals surface area contributed by atoms with Crippen molar-refractivity contribution in [3.05, 3.63) is 89.3 Å². The number of carbonyl (C=O) groups is 7. The summed E-state index contributed by atoms with van der Waals surface area (Å²) < 4.78 is 53.7. The average molecular weight is 973 g/mol. The SMILES string of the molecule is C=C(C)C(=O)OCCCc1cc(-c2ccc(-c3ccc(C4CCC(CCCCC)CC4)cc3)cc2F)c(CC)cc1OCC(CCOC(=O)C(C)=O)(COC(=O)CC(=O)OC)COC(=O)CC(=O)OC. The molecule has 0 atom stereocenters. The summed E-state index contributed by atoms with van der Waals surface area (Å²) in [4.78, 5) is 85.6. The molecule has 1 aliphatic rings. The minimum Gasteiger partial charge on any atom is -0.492 e. The number of benzene rings is 3. The Morgan fingerprint density at radius 3 is 1.83 bits per heavy atom. The fourth-order valence-electron chi connectivity index (χ4n) is 8.40. The number of hydrogen-bond donors (Lipinski definition) is 0. The minimum absolute atomic E-state index is 0.0237. The molecule has 15 heteroatoms. The Kier molecular flexibility index (Phi) is 22.7. The molecule has 0 aliphatic heterocycles. The Morgan fingerprint density at radius 1 is 0.657 bits per heavy atom. The number of halogens is 1. The zero-order chi connectivity index (χ0) is 51.2. The van der Waals surface area contributed by atoms with Gasteiger partial charge in [0, 0.05) is 18.1 Å². The average Bonchev–Trinajstić information content (AvgIpc) is 3.35. The van der Waals surface area contributed by atoms with Crippen molar-refractivity contribution in [2.45, 2.75) is 124 Å². The molecule has 1 aliphatic carbocycles. The summed E-state index contributed by atoms with van der Waals surface area (Å²) in [6.07, 6.45) is 9.39. The van der Waals surface area contributed by atoms with Gasteiger partial charge in [-0.3, -0.25) is 24.0 Å². The van der Waals surface area contributed by atoms with E-state index in [9.17, 15) is 33.6 Å². The molecule has 0 heterocycles. The molecule has 4 rings (SSSR count). The van der Waals surface area contributed by atoms with Crippen molar-refractivity contribution in [1.29, 1.82) is 0 Å². The second-order valence-corrected chi connectivity index (χ2v) is 18.1. The lowest BCUT2D eigenvalue weighted by Crippen LogP contribution is -2.41. The van der Waals surface area contributed by atoms with Gasteiger partial charge in [0.25, 0.3) is 0 Å². The van der Waals surface area contributed by atoms with Gasteiger partial charge in [0.1, 0.15) is 44.2 Å². The van der Waals surface area contributed by atoms with E-state index in [-0.39, 0.29) is 31.6 Å². The molecule has 0 aromatic heterocycles. The number of ketones is 1. The van der Waals surface area contributed by atoms with Gasteiger partial charge in [0.2, 0.25) is 5.78 Å². The molecule has 0 spiro atoms. The fraction of sp³-hybridized carbons (Fsp3) is 0.509. The zero-order valence-corrected chi connectivity index (χ0v) is 41.6. The summed E-state index contributed by atoms with van der Waals surface area (Å²) in [7, 11) is 2.19. The summed E-state index contributed by atoms with van der Waals surface area (Å²) in [6.45, 7) is 8.43. The first-order chi connectivity index (χ1) is 33.5. The van der Waals surface area contributed by atoms with Crippen LogP contribution in [0.25, 0.3) is 22.3 Å². The van der Waals surface area contributed by atoms with Gasteiger partial charge < -0.3 is 33.2 Å². The minimum atomic E-state index is -1.53. The quantitative estimate of drug-likeness (QED) is 0.0167. The normalized spacial score (nSPS) is 14.4. The second-order valence-electron chi connectivity index (χ2n) is 18.1. The number of rotatable bonds is 28. The van der Waals surface area contributed by atoms with Crippen LogP contribution < -0.4 is 4.74 Å². The molecule has 0 bridgehead atoms. The van der Waals surface area contributed by atoms with Crippen molar-refractivity contribution < 1.29 is 71.1 Å². The monoisotopic (exact) mass is 972 g/mol. The standard InChI is InChI=1S/C55H69FO14/c1-8-10-11-13-38-15-17-40(18-16-38)41-19-21-42(22-20-41)43-23-24-45(47(56)29-43)46-28-44(14-12-26-66-53(62)36(3)4)48(30-39(46)9-2)68-33-55(25-27-67-54(63)37(5)57,34-69-51(60)31-49(58)64-6)35-70-52(61)32-50(59)65-7/h19-24,28-30,38,40H,3,8-18,25-27,31-35H2,1-2,4-7H3. The molecule has 0 amide bonds. The maximum atomic E-state index is 16.5. The first-order valence-corrected chi connectivity index (χ1v) is 24.2. The number of unbranched alkanes of at least 4 members (excludes halogenated alkanes) is 2. The third-order valence-electron chi connectivity index (χ3n) is 12.7. The highest BCUT2D eigenvalue weighted by Gasteiger charge is 2.37. The van der Waals surface area contributed by atoms with Crippen LogP contribution in [-0.2, 0) is 74.8 Å². The van der Waals surface area contributed by atoms with Crippen molar-refractivity contribution in [2.75, 3.05) is 47.3 Å². The molecule has 14 nitrogen and oxygen atoms in total. The summed E-state index contributed by atoms with van der Waals surface area (Å²) in [6, 6.07) is 17.2. The van der Waals surface area contributed by atoms with Crippen LogP contribution in [0.3, 0.4) is 0 Å². The van der Waals surface area contributed by atoms with Crippen LogP contribution in [0, 0.1) is 17.2 Å². The van der Waals surface area contributed by atoms with Gasteiger partial charge in [-0.15, -0.1) is 0 Å². The van der Waals surface area contributed by atoms with E-state index in [1.165, 1.54) is 69.9 Å². The predicted molar refractivity (Wildman–Crippen MR) is 259 cm³/mol. The van der Waals surface area contributed by atoms with Crippen LogP contribution in [0.4, 0.5) is 4.39 Å². The number of ether oxygens (including phenoxy) is 7. The molecule has 0 radical (unpaired) electrons. The van der Waals surface area contributed by atoms with Crippen LogP contribution in [0.2, 0.25) is 0 Å². The first-order valence-electron chi connectivity index (χ1n) is 24.2. The first kappa shape index (κ1) is 56.2. The van der Waals surface area contributed by atoms with Crippen LogP contribution in [0.15, 0.2) is 66.7 Å². The van der Waals surface area contributed by atoms with Crippen molar-refractivity contribution >= 4 is 41.6 Å². The molecule has 0 N–H and O–H groups in total. The Labute approximate surface area is 410 Å². The van der Waals surface area contributed by atoms with Crippen molar-refractivity contribution in [3.63, 3.8) is 0 Å². The van der Waals surface area contributed by atoms with Crippen LogP contribution in [0.5, 0.6) is 5.75 Å². The molecule has 380 valence electrons. The number of aryl methyl sites for hydroxylation is 2. The van der Waals surface area contributed by atoms with Crippen LogP contribution in [-0.4, -0.2) is 88.9 Å². The van der Waals surface area contributed by atoms with E-state index >= 15 is 4.39 Å². The summed E-state index contributed by atoms with van der Waals surface area (Å²) in [5.74, 6) is -5.09. The van der Waals surface area contributed by atoms with E-state index in [0.717, 1.165) is 38.2 Å². The molecular formula is C55H69FO14. The number of esters is 6. The van der Waals surface area contributed by atoms with E-state index in [1.54, 1.807) is 12.1 Å². The maximum Gasteiger partial charge on any atom is 0.374 e. The highest BCUT2D eigenvalue weighted by molar-refractivity contribution is 6.32. The smallest absolute Gasteiger partial charge is 0.374 e. The highest BCUT2D eigenvalue weighted by atomic mass is 19.1. The molecule has 70 heavy (non-hydrogen) atoms. The Bertz CT molecular complexity index is 2260. The Balaban J connectivity index is 1.68. The van der Waals surface area contributed by atoms with Gasteiger partial charge in [-0.1, -0.05) is 82.5 Å². The van der Waals surface area contributed by atoms with E-state index in [0.29, 0.717) is 46.8 Å². The van der Waals surface area contributed by atoms with Gasteiger partial charge in [-0.05, 0) is 122 Å². The predicted octanol–water partition coefficient (Wildman–Crippen LogP) is 9.73. The third-order valence-corrected chi connectivity index (χ3v) is 12.7. The lowest BCUT2D eigenvalue weighted by Gasteiger charge is -2.33. The van der Waals surface area contributed by atoms with Gasteiger partial charge in [-0.25, -0.2) is 14.0 Å². The van der Waals surface area contributed by atoms with Crippen molar-refractivity contribution in [2.24, 2.45) is 11.3 Å². The van der Waals surface area contributed by atoms with E-state index < -0.39 is 85.5 Å². The molecule has 0 saturated heterocycles. The van der Waals surface area contributed by atoms with Gasteiger partial charge in [0.05, 0.1) is 32.8 Å². The van der Waals surface area contributed by atoms with Crippen LogP contribution in [0.1, 0.15) is 127 Å². The molecule has 0 unspecified atom stereocenters. The van der Waals surface area contributed by atoms with Crippen molar-refractivity contribution in [3.8, 4) is 28.0 Å². The highest BCUT2D eigenvalue weighted by Crippen LogP contribution is 2.40. The van der Waals surface area contributed by atoms with Gasteiger partial charge in [0.15, 0.2) is 0 Å². The second kappa shape index (κ2) is 28.3. The third kappa shape index (κ3) is 17.5. The van der Waals surface area contributed by atoms with Gasteiger partial charge in [-0.2, -0.15) is 0 Å². The van der Waals surface area contributed by atoms with E-state index in [1.807, 2.05) is 19.1 Å². The topological polar surface area (TPSA) is 184 Å². The largest absolute Gasteiger partial charge is 0.492 e. The number of methoxy groups -OCH3 is 2. The Morgan fingerprint density at radius 2 is 1.27 bits per heavy atom. The Hall–Kier alpha value is -6.38. The van der Waals surface area contributed by atoms with E-state index in [2.05, 4.69) is 47.2 Å².